The van der Waals surface area contributed by atoms with Crippen LogP contribution in [0.15, 0.2) is 33.4 Å². The zero-order valence-corrected chi connectivity index (χ0v) is 19.6. The molecule has 1 amide bonds. The van der Waals surface area contributed by atoms with E-state index in [0.717, 1.165) is 23.6 Å². The van der Waals surface area contributed by atoms with Gasteiger partial charge in [-0.3, -0.25) is 23.6 Å². The van der Waals surface area contributed by atoms with E-state index in [1.165, 1.54) is 35.7 Å². The molecule has 0 saturated carbocycles. The fourth-order valence-electron chi connectivity index (χ4n) is 4.32. The van der Waals surface area contributed by atoms with Crippen LogP contribution in [0.1, 0.15) is 37.1 Å². The van der Waals surface area contributed by atoms with E-state index in [0.29, 0.717) is 24.3 Å². The molecule has 0 radical (unpaired) electrons. The summed E-state index contributed by atoms with van der Waals surface area (Å²) < 4.78 is 4.06. The van der Waals surface area contributed by atoms with E-state index >= 15 is 0 Å². The SMILES string of the molecule is CC1CCN([C@@H](CNC(=O)CCn2cnc3c2c(=O)n(C)c(=O)n3C)c2cccs2)CC1. The lowest BCUT2D eigenvalue weighted by Crippen LogP contribution is -2.41. The molecule has 4 heterocycles. The van der Waals surface area contributed by atoms with Crippen molar-refractivity contribution in [3.63, 3.8) is 0 Å². The summed E-state index contributed by atoms with van der Waals surface area (Å²) in [4.78, 5) is 45.2. The Labute approximate surface area is 190 Å². The number of rotatable bonds is 7. The summed E-state index contributed by atoms with van der Waals surface area (Å²) in [6.07, 6.45) is 4.11. The Morgan fingerprint density at radius 1 is 1.25 bits per heavy atom. The summed E-state index contributed by atoms with van der Waals surface area (Å²) in [6, 6.07) is 4.37. The minimum atomic E-state index is -0.419. The largest absolute Gasteiger partial charge is 0.354 e. The fraction of sp³-hybridized carbons (Fsp3) is 0.545. The highest BCUT2D eigenvalue weighted by atomic mass is 32.1. The molecule has 172 valence electrons. The van der Waals surface area contributed by atoms with Crippen LogP contribution >= 0.6 is 11.3 Å². The van der Waals surface area contributed by atoms with E-state index < -0.39 is 11.2 Å². The predicted octanol–water partition coefficient (Wildman–Crippen LogP) is 1.47. The Bertz CT molecular complexity index is 1200. The first-order chi connectivity index (χ1) is 15.4. The molecule has 0 unspecified atom stereocenters. The second kappa shape index (κ2) is 9.41. The monoisotopic (exact) mass is 458 g/mol. The third-order valence-electron chi connectivity index (χ3n) is 6.42. The average Bonchev–Trinajstić information content (AvgIpc) is 3.46. The van der Waals surface area contributed by atoms with Gasteiger partial charge in [-0.1, -0.05) is 13.0 Å². The van der Waals surface area contributed by atoms with Gasteiger partial charge < -0.3 is 9.88 Å². The van der Waals surface area contributed by atoms with Crippen LogP contribution in [0.4, 0.5) is 0 Å². The van der Waals surface area contributed by atoms with Crippen molar-refractivity contribution >= 4 is 28.4 Å². The normalized spacial score (nSPS) is 16.5. The van der Waals surface area contributed by atoms with Gasteiger partial charge >= 0.3 is 5.69 Å². The Morgan fingerprint density at radius 2 is 2.00 bits per heavy atom. The van der Waals surface area contributed by atoms with Crippen molar-refractivity contribution in [3.8, 4) is 0 Å². The topological polar surface area (TPSA) is 94.2 Å². The summed E-state index contributed by atoms with van der Waals surface area (Å²) in [5, 5.41) is 5.17. The van der Waals surface area contributed by atoms with E-state index in [9.17, 15) is 14.4 Å². The molecular formula is C22H30N6O3S. The van der Waals surface area contributed by atoms with E-state index in [2.05, 4.69) is 39.6 Å². The third-order valence-corrected chi connectivity index (χ3v) is 7.39. The van der Waals surface area contributed by atoms with Crippen molar-refractivity contribution in [2.45, 2.75) is 38.8 Å². The summed E-state index contributed by atoms with van der Waals surface area (Å²) >= 11 is 1.73. The molecule has 0 aromatic carbocycles. The number of likely N-dealkylation sites (tertiary alicyclic amines) is 1. The maximum atomic E-state index is 12.7. The van der Waals surface area contributed by atoms with Crippen LogP contribution in [-0.4, -0.2) is 49.1 Å². The molecule has 10 heteroatoms. The molecule has 3 aromatic heterocycles. The predicted molar refractivity (Wildman–Crippen MR) is 125 cm³/mol. The number of nitrogens with one attached hydrogen (secondary N) is 1. The van der Waals surface area contributed by atoms with Gasteiger partial charge in [0.1, 0.15) is 0 Å². The number of nitrogens with zero attached hydrogens (tertiary/aromatic N) is 5. The van der Waals surface area contributed by atoms with Crippen molar-refractivity contribution in [1.82, 2.24) is 28.9 Å². The van der Waals surface area contributed by atoms with Gasteiger partial charge in [-0.05, 0) is 43.3 Å². The molecule has 1 N–H and O–H groups in total. The zero-order valence-electron chi connectivity index (χ0n) is 18.8. The fourth-order valence-corrected chi connectivity index (χ4v) is 5.18. The van der Waals surface area contributed by atoms with Crippen LogP contribution in [0, 0.1) is 5.92 Å². The number of fused-ring (bicyclic) bond motifs is 1. The molecule has 1 aliphatic heterocycles. The molecule has 1 atom stereocenters. The van der Waals surface area contributed by atoms with Gasteiger partial charge in [-0.2, -0.15) is 0 Å². The molecule has 0 spiro atoms. The van der Waals surface area contributed by atoms with Crippen molar-refractivity contribution in [2.24, 2.45) is 20.0 Å². The first kappa shape index (κ1) is 22.5. The number of thiophene rings is 1. The molecule has 0 aliphatic carbocycles. The lowest BCUT2D eigenvalue weighted by molar-refractivity contribution is -0.121. The van der Waals surface area contributed by atoms with E-state index in [1.54, 1.807) is 23.0 Å². The number of hydrogen-bond donors (Lipinski definition) is 1. The molecule has 0 bridgehead atoms. The number of aryl methyl sites for hydroxylation is 2. The number of hydrogen-bond acceptors (Lipinski definition) is 6. The summed E-state index contributed by atoms with van der Waals surface area (Å²) in [5.41, 5.74) is -0.160. The van der Waals surface area contributed by atoms with E-state index in [4.69, 9.17) is 0 Å². The highest BCUT2D eigenvalue weighted by molar-refractivity contribution is 7.10. The molecule has 1 aliphatic rings. The van der Waals surface area contributed by atoms with Crippen LogP contribution in [0.5, 0.6) is 0 Å². The number of carbonyl (C=O) groups is 1. The van der Waals surface area contributed by atoms with Crippen LogP contribution in [0.2, 0.25) is 0 Å². The smallest absolute Gasteiger partial charge is 0.332 e. The molecule has 32 heavy (non-hydrogen) atoms. The first-order valence-corrected chi connectivity index (χ1v) is 11.9. The van der Waals surface area contributed by atoms with Crippen LogP contribution in [0.25, 0.3) is 11.2 Å². The maximum absolute atomic E-state index is 12.7. The van der Waals surface area contributed by atoms with Crippen molar-refractivity contribution < 1.29 is 4.79 Å². The lowest BCUT2D eigenvalue weighted by Gasteiger charge is -2.36. The average molecular weight is 459 g/mol. The van der Waals surface area contributed by atoms with E-state index in [1.807, 2.05) is 0 Å². The highest BCUT2D eigenvalue weighted by Gasteiger charge is 2.25. The molecule has 4 rings (SSSR count). The zero-order chi connectivity index (χ0) is 22.8. The second-order valence-electron chi connectivity index (χ2n) is 8.62. The van der Waals surface area contributed by atoms with Gasteiger partial charge in [-0.15, -0.1) is 11.3 Å². The Hall–Kier alpha value is -2.72. The lowest BCUT2D eigenvalue weighted by atomic mass is 9.97. The molecule has 3 aromatic rings. The molecular weight excluding hydrogens is 428 g/mol. The summed E-state index contributed by atoms with van der Waals surface area (Å²) in [5.74, 6) is 0.683. The standard InChI is InChI=1S/C22H30N6O3S/c1-15-6-9-27(10-7-15)16(17-5-4-12-32-17)13-23-18(29)8-11-28-14-24-20-19(28)21(30)26(3)22(31)25(20)2/h4-5,12,14-16H,6-11,13H2,1-3H3,(H,23,29)/t16-/m0/s1. The van der Waals surface area contributed by atoms with Crippen LogP contribution < -0.4 is 16.6 Å². The third kappa shape index (κ3) is 4.42. The molecule has 9 nitrogen and oxygen atoms in total. The Balaban J connectivity index is 1.41. The van der Waals surface area contributed by atoms with Crippen LogP contribution in [-0.2, 0) is 25.4 Å². The van der Waals surface area contributed by atoms with Crippen molar-refractivity contribution in [3.05, 3.63) is 49.6 Å². The number of carbonyl (C=O) groups excluding carboxylic acids is 1. The van der Waals surface area contributed by atoms with Gasteiger partial charge in [0.15, 0.2) is 11.2 Å². The van der Waals surface area contributed by atoms with Crippen LogP contribution in [0.3, 0.4) is 0 Å². The van der Waals surface area contributed by atoms with Gasteiger partial charge in [0.05, 0.1) is 12.4 Å². The minimum Gasteiger partial charge on any atom is -0.354 e. The Kier molecular flexibility index (Phi) is 6.61. The first-order valence-electron chi connectivity index (χ1n) is 11.0. The number of aromatic nitrogens is 4. The molecule has 1 saturated heterocycles. The maximum Gasteiger partial charge on any atom is 0.332 e. The quantitative estimate of drug-likeness (QED) is 0.579. The summed E-state index contributed by atoms with van der Waals surface area (Å²) in [6.45, 7) is 5.27. The number of amides is 1. The van der Waals surface area contributed by atoms with E-state index in [-0.39, 0.29) is 18.4 Å². The molecule has 1 fully saturated rings. The second-order valence-corrected chi connectivity index (χ2v) is 9.60. The van der Waals surface area contributed by atoms with Crippen molar-refractivity contribution in [1.29, 1.82) is 0 Å². The van der Waals surface area contributed by atoms with Gasteiger partial charge in [0.25, 0.3) is 5.56 Å². The van der Waals surface area contributed by atoms with Gasteiger partial charge in [0.2, 0.25) is 5.91 Å². The van der Waals surface area contributed by atoms with Gasteiger partial charge in [-0.25, -0.2) is 9.78 Å². The van der Waals surface area contributed by atoms with Crippen molar-refractivity contribution in [2.75, 3.05) is 19.6 Å². The summed E-state index contributed by atoms with van der Waals surface area (Å²) in [7, 11) is 3.03. The number of imidazole rings is 1. The minimum absolute atomic E-state index is 0.0690. The Morgan fingerprint density at radius 3 is 2.69 bits per heavy atom. The highest BCUT2D eigenvalue weighted by Crippen LogP contribution is 2.29. The van der Waals surface area contributed by atoms with Gasteiger partial charge in [0, 0.05) is 38.5 Å². The number of piperidine rings is 1.